The average molecular weight is 274 g/mol. The molecule has 2 N–H and O–H groups in total. The van der Waals surface area contributed by atoms with Crippen molar-refractivity contribution in [1.29, 1.82) is 0 Å². The lowest BCUT2D eigenvalue weighted by atomic mass is 9.97. The monoisotopic (exact) mass is 274 g/mol. The van der Waals surface area contributed by atoms with Crippen LogP contribution in [0.4, 0.5) is 11.9 Å². The van der Waals surface area contributed by atoms with Gasteiger partial charge in [-0.05, 0) is 24.1 Å². The Morgan fingerprint density at radius 3 is 3.00 bits per heavy atom. The fourth-order valence-electron chi connectivity index (χ4n) is 2.25. The standard InChI is InChI=1S/C11H14N8O/c20-9(14-10-15-17-18-16-10)8-3-1-6-19(7-8)11-12-4-2-5-13-11/h2,4-5,8H,1,3,6-7H2,(H2,14,15,16,17,18,20)/t8-/m1/s1. The lowest BCUT2D eigenvalue weighted by Crippen LogP contribution is -2.41. The molecule has 9 nitrogen and oxygen atoms in total. The molecule has 1 saturated heterocycles. The van der Waals surface area contributed by atoms with Crippen LogP contribution in [-0.4, -0.2) is 49.6 Å². The molecule has 20 heavy (non-hydrogen) atoms. The number of nitrogens with zero attached hydrogens (tertiary/aromatic N) is 6. The quantitative estimate of drug-likeness (QED) is 0.799. The zero-order valence-corrected chi connectivity index (χ0v) is 10.7. The summed E-state index contributed by atoms with van der Waals surface area (Å²) in [4.78, 5) is 22.6. The number of hydrogen-bond acceptors (Lipinski definition) is 7. The van der Waals surface area contributed by atoms with Crippen LogP contribution in [0.15, 0.2) is 18.5 Å². The van der Waals surface area contributed by atoms with Crippen molar-refractivity contribution >= 4 is 17.8 Å². The molecule has 0 radical (unpaired) electrons. The molecule has 1 fully saturated rings. The smallest absolute Gasteiger partial charge is 0.269 e. The Balaban J connectivity index is 1.64. The number of carbonyl (C=O) groups is 1. The molecule has 9 heteroatoms. The number of aromatic amines is 1. The molecule has 0 saturated carbocycles. The lowest BCUT2D eigenvalue weighted by molar-refractivity contribution is -0.120. The predicted octanol–water partition coefficient (Wildman–Crippen LogP) is -0.155. The lowest BCUT2D eigenvalue weighted by Gasteiger charge is -2.31. The second-order valence-electron chi connectivity index (χ2n) is 4.56. The molecule has 0 spiro atoms. The molecule has 1 aliphatic rings. The Morgan fingerprint density at radius 1 is 1.40 bits per heavy atom. The zero-order valence-electron chi connectivity index (χ0n) is 10.7. The van der Waals surface area contributed by atoms with E-state index in [2.05, 4.69) is 35.9 Å². The molecule has 1 atom stereocenters. The maximum absolute atomic E-state index is 12.1. The van der Waals surface area contributed by atoms with Crippen molar-refractivity contribution in [2.75, 3.05) is 23.3 Å². The third-order valence-corrected chi connectivity index (χ3v) is 3.21. The maximum atomic E-state index is 12.1. The van der Waals surface area contributed by atoms with Crippen molar-refractivity contribution in [3.63, 3.8) is 0 Å². The third-order valence-electron chi connectivity index (χ3n) is 3.21. The first-order valence-corrected chi connectivity index (χ1v) is 6.39. The van der Waals surface area contributed by atoms with Gasteiger partial charge in [0.2, 0.25) is 11.9 Å². The summed E-state index contributed by atoms with van der Waals surface area (Å²) in [5.74, 6) is 0.616. The van der Waals surface area contributed by atoms with Crippen LogP contribution in [0.25, 0.3) is 0 Å². The first-order chi connectivity index (χ1) is 9.83. The Hall–Kier alpha value is -2.58. The number of anilines is 2. The van der Waals surface area contributed by atoms with E-state index in [9.17, 15) is 4.79 Å². The van der Waals surface area contributed by atoms with Crippen LogP contribution < -0.4 is 10.2 Å². The third kappa shape index (κ3) is 2.71. The number of carbonyl (C=O) groups excluding carboxylic acids is 1. The minimum absolute atomic E-state index is 0.105. The Morgan fingerprint density at radius 2 is 2.25 bits per heavy atom. The van der Waals surface area contributed by atoms with Gasteiger partial charge in [0.05, 0.1) is 5.92 Å². The van der Waals surface area contributed by atoms with Gasteiger partial charge in [0.25, 0.3) is 5.95 Å². The van der Waals surface area contributed by atoms with Gasteiger partial charge in [-0.2, -0.15) is 5.21 Å². The van der Waals surface area contributed by atoms with Crippen LogP contribution in [0.2, 0.25) is 0 Å². The molecular formula is C11H14N8O. The fourth-order valence-corrected chi connectivity index (χ4v) is 2.25. The largest absolute Gasteiger partial charge is 0.340 e. The Labute approximate surface area is 114 Å². The van der Waals surface area contributed by atoms with Crippen LogP contribution >= 0.6 is 0 Å². The first-order valence-electron chi connectivity index (χ1n) is 6.39. The van der Waals surface area contributed by atoms with Crippen LogP contribution in [0, 0.1) is 5.92 Å². The number of hydrogen-bond donors (Lipinski definition) is 2. The Kier molecular flexibility index (Phi) is 3.48. The summed E-state index contributed by atoms with van der Waals surface area (Å²) < 4.78 is 0. The van der Waals surface area contributed by atoms with Crippen LogP contribution in [0.3, 0.4) is 0 Å². The molecule has 2 aromatic heterocycles. The second-order valence-corrected chi connectivity index (χ2v) is 4.56. The molecular weight excluding hydrogens is 260 g/mol. The molecule has 104 valence electrons. The number of rotatable bonds is 3. The number of tetrazole rings is 1. The van der Waals surface area contributed by atoms with Gasteiger partial charge in [-0.1, -0.05) is 5.10 Å². The second kappa shape index (κ2) is 5.59. The van der Waals surface area contributed by atoms with E-state index in [1.165, 1.54) is 0 Å². The highest BCUT2D eigenvalue weighted by atomic mass is 16.2. The highest BCUT2D eigenvalue weighted by molar-refractivity contribution is 5.91. The zero-order chi connectivity index (χ0) is 13.8. The number of H-pyrrole nitrogens is 1. The molecule has 1 amide bonds. The maximum Gasteiger partial charge on any atom is 0.269 e. The van der Waals surface area contributed by atoms with E-state index >= 15 is 0 Å². The van der Waals surface area contributed by atoms with E-state index in [0.717, 1.165) is 19.4 Å². The molecule has 3 heterocycles. The van der Waals surface area contributed by atoms with Gasteiger partial charge < -0.3 is 4.90 Å². The molecule has 3 rings (SSSR count). The van der Waals surface area contributed by atoms with Crippen molar-refractivity contribution in [3.05, 3.63) is 18.5 Å². The number of piperidine rings is 1. The van der Waals surface area contributed by atoms with Crippen molar-refractivity contribution in [3.8, 4) is 0 Å². The summed E-state index contributed by atoms with van der Waals surface area (Å²) in [6.07, 6.45) is 5.15. The predicted molar refractivity (Wildman–Crippen MR) is 69.8 cm³/mol. The highest BCUT2D eigenvalue weighted by Gasteiger charge is 2.27. The molecule has 1 aliphatic heterocycles. The van der Waals surface area contributed by atoms with Crippen LogP contribution in [-0.2, 0) is 4.79 Å². The van der Waals surface area contributed by atoms with Crippen molar-refractivity contribution in [1.82, 2.24) is 30.6 Å². The van der Waals surface area contributed by atoms with Gasteiger partial charge in [-0.15, -0.1) is 5.10 Å². The number of aromatic nitrogens is 6. The summed E-state index contributed by atoms with van der Waals surface area (Å²) in [5.41, 5.74) is 0. The van der Waals surface area contributed by atoms with Gasteiger partial charge in [-0.25, -0.2) is 9.97 Å². The molecule has 0 bridgehead atoms. The van der Waals surface area contributed by atoms with E-state index in [0.29, 0.717) is 12.5 Å². The van der Waals surface area contributed by atoms with Crippen molar-refractivity contribution in [2.45, 2.75) is 12.8 Å². The van der Waals surface area contributed by atoms with Crippen LogP contribution in [0.1, 0.15) is 12.8 Å². The summed E-state index contributed by atoms with van der Waals surface area (Å²) >= 11 is 0. The average Bonchev–Trinajstić information content (AvgIpc) is 3.01. The topological polar surface area (TPSA) is 113 Å². The summed E-state index contributed by atoms with van der Waals surface area (Å²) in [5, 5.41) is 15.8. The minimum atomic E-state index is -0.133. The number of nitrogens with one attached hydrogen (secondary N) is 2. The molecule has 0 aromatic carbocycles. The SMILES string of the molecule is O=C(Nc1nn[nH]n1)[C@@H]1CCCN(c2ncccn2)C1. The summed E-state index contributed by atoms with van der Waals surface area (Å²) in [7, 11) is 0. The Bertz CT molecular complexity index is 557. The first kappa shape index (κ1) is 12.5. The van der Waals surface area contributed by atoms with Gasteiger partial charge in [0.1, 0.15) is 0 Å². The number of amides is 1. The normalized spacial score (nSPS) is 18.8. The van der Waals surface area contributed by atoms with Crippen LogP contribution in [0.5, 0.6) is 0 Å². The van der Waals surface area contributed by atoms with Crippen molar-refractivity contribution < 1.29 is 4.79 Å². The minimum Gasteiger partial charge on any atom is -0.340 e. The summed E-state index contributed by atoms with van der Waals surface area (Å²) in [6.45, 7) is 1.45. The molecule has 2 aromatic rings. The van der Waals surface area contributed by atoms with Gasteiger partial charge in [-0.3, -0.25) is 10.1 Å². The molecule has 0 aliphatic carbocycles. The van der Waals surface area contributed by atoms with Gasteiger partial charge in [0.15, 0.2) is 0 Å². The van der Waals surface area contributed by atoms with E-state index in [1.807, 2.05) is 4.90 Å². The van der Waals surface area contributed by atoms with E-state index in [1.54, 1.807) is 18.5 Å². The van der Waals surface area contributed by atoms with Gasteiger partial charge in [0, 0.05) is 25.5 Å². The van der Waals surface area contributed by atoms with E-state index in [-0.39, 0.29) is 17.8 Å². The summed E-state index contributed by atoms with van der Waals surface area (Å²) in [6, 6.07) is 1.77. The highest BCUT2D eigenvalue weighted by Crippen LogP contribution is 2.20. The van der Waals surface area contributed by atoms with E-state index < -0.39 is 0 Å². The van der Waals surface area contributed by atoms with E-state index in [4.69, 9.17) is 0 Å². The van der Waals surface area contributed by atoms with Gasteiger partial charge >= 0.3 is 0 Å². The molecule has 0 unspecified atom stereocenters. The fraction of sp³-hybridized carbons (Fsp3) is 0.455. The van der Waals surface area contributed by atoms with Crippen molar-refractivity contribution in [2.24, 2.45) is 5.92 Å².